The van der Waals surface area contributed by atoms with Gasteiger partial charge in [-0.25, -0.2) is 4.98 Å². The zero-order valence-electron chi connectivity index (χ0n) is 12.5. The second kappa shape index (κ2) is 6.07. The number of aliphatic hydroxyl groups excluding tert-OH is 1. The first-order valence-corrected chi connectivity index (χ1v) is 9.35. The van der Waals surface area contributed by atoms with Crippen LogP contribution in [-0.4, -0.2) is 46.6 Å². The monoisotopic (exact) mass is 347 g/mol. The van der Waals surface area contributed by atoms with Gasteiger partial charge in [0.25, 0.3) is 0 Å². The summed E-state index contributed by atoms with van der Waals surface area (Å²) in [5.41, 5.74) is 1.47. The highest BCUT2D eigenvalue weighted by atomic mass is 32.1. The Kier molecular flexibility index (Phi) is 3.92. The Morgan fingerprint density at radius 2 is 2.35 bits per heavy atom. The fraction of sp³-hybridized carbons (Fsp3) is 0.375. The van der Waals surface area contributed by atoms with Crippen molar-refractivity contribution in [3.8, 4) is 10.6 Å². The van der Waals surface area contributed by atoms with Gasteiger partial charge in [0.05, 0.1) is 28.8 Å². The number of nitrogens with zero attached hydrogens (tertiary/aromatic N) is 2. The number of thiazole rings is 1. The average Bonchev–Trinajstić information content (AvgIpc) is 3.29. The van der Waals surface area contributed by atoms with E-state index in [0.29, 0.717) is 29.5 Å². The van der Waals surface area contributed by atoms with Gasteiger partial charge in [0, 0.05) is 18.5 Å². The zero-order chi connectivity index (χ0) is 15.8. The number of ether oxygens (including phenoxy) is 1. The molecule has 1 fully saturated rings. The fourth-order valence-corrected chi connectivity index (χ4v) is 4.62. The van der Waals surface area contributed by atoms with Gasteiger partial charge in [-0.15, -0.1) is 22.7 Å². The van der Waals surface area contributed by atoms with Crippen molar-refractivity contribution in [3.05, 3.63) is 33.7 Å². The van der Waals surface area contributed by atoms with Crippen LogP contribution in [0.2, 0.25) is 0 Å². The van der Waals surface area contributed by atoms with E-state index in [-0.39, 0.29) is 11.9 Å². The molecule has 4 rings (SSSR count). The van der Waals surface area contributed by atoms with Crippen LogP contribution in [0.25, 0.3) is 16.1 Å². The normalized spacial score (nSPS) is 21.7. The molecule has 0 radical (unpaired) electrons. The first kappa shape index (κ1) is 14.9. The summed E-state index contributed by atoms with van der Waals surface area (Å²) in [4.78, 5) is 7.60. The lowest BCUT2D eigenvalue weighted by Gasteiger charge is -2.21. The highest BCUT2D eigenvalue weighted by Crippen LogP contribution is 2.33. The molecule has 1 saturated heterocycles. The molecule has 2 aliphatic rings. The summed E-state index contributed by atoms with van der Waals surface area (Å²) in [5, 5.41) is 23.4. The topological polar surface area (TPSA) is 69.4 Å². The molecule has 0 saturated carbocycles. The zero-order valence-corrected chi connectivity index (χ0v) is 14.1. The maximum atomic E-state index is 10.3. The Morgan fingerprint density at radius 3 is 3.09 bits per heavy atom. The first-order chi connectivity index (χ1) is 11.2. The quantitative estimate of drug-likeness (QED) is 0.886. The average molecular weight is 347 g/mol. The van der Waals surface area contributed by atoms with Crippen molar-refractivity contribution in [1.29, 1.82) is 5.41 Å². The Morgan fingerprint density at radius 1 is 1.43 bits per heavy atom. The number of rotatable bonds is 4. The molecule has 2 aromatic rings. The van der Waals surface area contributed by atoms with Crippen molar-refractivity contribution < 1.29 is 9.84 Å². The van der Waals surface area contributed by atoms with Crippen LogP contribution in [0.5, 0.6) is 0 Å². The Balaban J connectivity index is 1.54. The van der Waals surface area contributed by atoms with Crippen molar-refractivity contribution >= 4 is 34.1 Å². The van der Waals surface area contributed by atoms with Crippen LogP contribution in [0.15, 0.2) is 28.7 Å². The van der Waals surface area contributed by atoms with Crippen LogP contribution in [0, 0.1) is 5.41 Å². The number of nitrogens with one attached hydrogen (secondary N) is 1. The molecule has 2 aliphatic heterocycles. The molecule has 0 aliphatic carbocycles. The molecule has 1 atom stereocenters. The molecule has 7 heteroatoms. The number of hydrogen-bond acceptors (Lipinski definition) is 6. The van der Waals surface area contributed by atoms with Crippen LogP contribution in [0.3, 0.4) is 0 Å². The van der Waals surface area contributed by atoms with Crippen LogP contribution in [0.4, 0.5) is 0 Å². The van der Waals surface area contributed by atoms with Crippen molar-refractivity contribution in [1.82, 2.24) is 9.88 Å². The van der Waals surface area contributed by atoms with Crippen LogP contribution < -0.4 is 0 Å². The SMILES string of the molecule is N=C1C(c2nc(-c3cccs3)cs2)=C(O)CN1CC1CCCO1. The highest BCUT2D eigenvalue weighted by molar-refractivity contribution is 7.14. The fourth-order valence-electron chi connectivity index (χ4n) is 2.97. The summed E-state index contributed by atoms with van der Waals surface area (Å²) in [5.74, 6) is 0.588. The summed E-state index contributed by atoms with van der Waals surface area (Å²) >= 11 is 3.12. The van der Waals surface area contributed by atoms with Crippen LogP contribution in [0.1, 0.15) is 17.8 Å². The number of aromatic nitrogens is 1. The lowest BCUT2D eigenvalue weighted by Crippen LogP contribution is -2.34. The number of aliphatic hydroxyl groups is 1. The molecule has 23 heavy (non-hydrogen) atoms. The van der Waals surface area contributed by atoms with E-state index in [1.807, 2.05) is 27.8 Å². The van der Waals surface area contributed by atoms with Gasteiger partial charge in [0.15, 0.2) is 0 Å². The number of hydrogen-bond donors (Lipinski definition) is 2. The number of thiophene rings is 1. The number of amidine groups is 1. The van der Waals surface area contributed by atoms with E-state index in [1.165, 1.54) is 11.3 Å². The largest absolute Gasteiger partial charge is 0.510 e. The second-order valence-corrected chi connectivity index (χ2v) is 7.51. The van der Waals surface area contributed by atoms with Crippen molar-refractivity contribution in [2.75, 3.05) is 19.7 Å². The first-order valence-electron chi connectivity index (χ1n) is 7.59. The molecule has 2 N–H and O–H groups in total. The maximum Gasteiger partial charge on any atom is 0.135 e. The van der Waals surface area contributed by atoms with E-state index in [9.17, 15) is 5.11 Å². The predicted octanol–water partition coefficient (Wildman–Crippen LogP) is 3.61. The standard InChI is InChI=1S/C16H17N3O2S2/c17-15-14(12(20)8-19(15)7-10-3-1-5-21-10)16-18-11(9-23-16)13-4-2-6-22-13/h2,4,6,9-10,17,20H,1,3,5,7-8H2. The molecule has 0 amide bonds. The maximum absolute atomic E-state index is 10.3. The predicted molar refractivity (Wildman–Crippen MR) is 93.2 cm³/mol. The molecule has 2 aromatic heterocycles. The smallest absolute Gasteiger partial charge is 0.135 e. The lowest BCUT2D eigenvalue weighted by molar-refractivity contribution is 0.0924. The van der Waals surface area contributed by atoms with Gasteiger partial charge in [0.2, 0.25) is 0 Å². The summed E-state index contributed by atoms with van der Waals surface area (Å²) in [7, 11) is 0. The lowest BCUT2D eigenvalue weighted by atomic mass is 10.2. The third kappa shape index (κ3) is 2.80. The molecule has 1 unspecified atom stereocenters. The Hall–Kier alpha value is -1.70. The van der Waals surface area contributed by atoms with Gasteiger partial charge < -0.3 is 14.7 Å². The van der Waals surface area contributed by atoms with E-state index in [1.54, 1.807) is 11.3 Å². The molecular weight excluding hydrogens is 330 g/mol. The second-order valence-electron chi connectivity index (χ2n) is 5.70. The molecule has 0 aromatic carbocycles. The van der Waals surface area contributed by atoms with Crippen molar-refractivity contribution in [2.24, 2.45) is 0 Å². The van der Waals surface area contributed by atoms with E-state index in [0.717, 1.165) is 30.0 Å². The summed E-state index contributed by atoms with van der Waals surface area (Å²) in [6.45, 7) is 1.84. The van der Waals surface area contributed by atoms with Gasteiger partial charge in [-0.05, 0) is 24.3 Å². The minimum absolute atomic E-state index is 0.167. The van der Waals surface area contributed by atoms with Crippen LogP contribution >= 0.6 is 22.7 Å². The molecule has 0 bridgehead atoms. The third-order valence-electron chi connectivity index (χ3n) is 4.12. The minimum atomic E-state index is 0.167. The van der Waals surface area contributed by atoms with E-state index >= 15 is 0 Å². The third-order valence-corrected chi connectivity index (χ3v) is 5.87. The Bertz CT molecular complexity index is 745. The van der Waals surface area contributed by atoms with Gasteiger partial charge in [-0.3, -0.25) is 5.41 Å². The minimum Gasteiger partial charge on any atom is -0.510 e. The Labute approximate surface area is 142 Å². The van der Waals surface area contributed by atoms with Gasteiger partial charge in [-0.2, -0.15) is 0 Å². The van der Waals surface area contributed by atoms with Crippen molar-refractivity contribution in [3.63, 3.8) is 0 Å². The summed E-state index contributed by atoms with van der Waals surface area (Å²) < 4.78 is 5.64. The summed E-state index contributed by atoms with van der Waals surface area (Å²) in [6.07, 6.45) is 2.27. The van der Waals surface area contributed by atoms with Crippen LogP contribution in [-0.2, 0) is 4.74 Å². The molecule has 0 spiro atoms. The molecule has 5 nitrogen and oxygen atoms in total. The van der Waals surface area contributed by atoms with E-state index in [2.05, 4.69) is 4.98 Å². The van der Waals surface area contributed by atoms with Gasteiger partial charge in [0.1, 0.15) is 16.6 Å². The van der Waals surface area contributed by atoms with Gasteiger partial charge >= 0.3 is 0 Å². The van der Waals surface area contributed by atoms with E-state index in [4.69, 9.17) is 10.1 Å². The highest BCUT2D eigenvalue weighted by Gasteiger charge is 2.32. The van der Waals surface area contributed by atoms with E-state index < -0.39 is 0 Å². The molecule has 4 heterocycles. The molecule has 120 valence electrons. The summed E-state index contributed by atoms with van der Waals surface area (Å²) in [6, 6.07) is 4.03. The van der Waals surface area contributed by atoms with Gasteiger partial charge in [-0.1, -0.05) is 6.07 Å². The van der Waals surface area contributed by atoms with Crippen molar-refractivity contribution in [2.45, 2.75) is 18.9 Å². The molecular formula is C16H17N3O2S2.